The number of carbonyl (C=O) groups excluding carboxylic acids is 1. The smallest absolute Gasteiger partial charge is 0.162 e. The zero-order chi connectivity index (χ0) is 13.9. The molecule has 4 nitrogen and oxygen atoms in total. The minimum absolute atomic E-state index is 0.135. The number of Topliss-reactive ketones (excluding diaryl/α,β-unsaturated/α-hetero) is 1. The van der Waals surface area contributed by atoms with Gasteiger partial charge in [0.1, 0.15) is 9.84 Å². The molecule has 0 saturated carbocycles. The van der Waals surface area contributed by atoms with Crippen LogP contribution < -0.4 is 5.32 Å². The number of rotatable bonds is 4. The number of hydrogen-bond acceptors (Lipinski definition) is 4. The highest BCUT2D eigenvalue weighted by atomic mass is 32.2. The first kappa shape index (κ1) is 14.1. The van der Waals surface area contributed by atoms with Gasteiger partial charge in [0.05, 0.1) is 11.5 Å². The lowest BCUT2D eigenvalue weighted by atomic mass is 10.1. The summed E-state index contributed by atoms with van der Waals surface area (Å²) in [6.07, 6.45) is 1.81. The molecule has 1 fully saturated rings. The highest BCUT2D eigenvalue weighted by Gasteiger charge is 2.23. The second kappa shape index (κ2) is 5.74. The quantitative estimate of drug-likeness (QED) is 0.860. The van der Waals surface area contributed by atoms with Gasteiger partial charge in [0.15, 0.2) is 5.78 Å². The van der Waals surface area contributed by atoms with Gasteiger partial charge in [0.2, 0.25) is 0 Å². The van der Waals surface area contributed by atoms with E-state index in [0.717, 1.165) is 11.3 Å². The predicted octanol–water partition coefficient (Wildman–Crippen LogP) is 2.27. The molecule has 0 radical (unpaired) electrons. The Labute approximate surface area is 114 Å². The lowest BCUT2D eigenvalue weighted by Gasteiger charge is -2.24. The number of ketones is 1. The lowest BCUT2D eigenvalue weighted by Crippen LogP contribution is -2.32. The lowest BCUT2D eigenvalue weighted by molar-refractivity contribution is 0.0988. The molecule has 0 unspecified atom stereocenters. The molecule has 104 valence electrons. The third-order valence-electron chi connectivity index (χ3n) is 3.45. The fourth-order valence-corrected chi connectivity index (χ4v) is 3.72. The van der Waals surface area contributed by atoms with Gasteiger partial charge in [-0.1, -0.05) is 6.92 Å². The van der Waals surface area contributed by atoms with Crippen LogP contribution in [0.3, 0.4) is 0 Å². The van der Waals surface area contributed by atoms with E-state index in [9.17, 15) is 13.2 Å². The third kappa shape index (κ3) is 3.80. The van der Waals surface area contributed by atoms with Crippen LogP contribution in [-0.2, 0) is 9.84 Å². The summed E-state index contributed by atoms with van der Waals surface area (Å²) in [5.41, 5.74) is 1.66. The van der Waals surface area contributed by atoms with Crippen molar-refractivity contribution in [1.29, 1.82) is 0 Å². The predicted molar refractivity (Wildman–Crippen MR) is 76.4 cm³/mol. The van der Waals surface area contributed by atoms with Crippen molar-refractivity contribution in [3.8, 4) is 0 Å². The highest BCUT2D eigenvalue weighted by molar-refractivity contribution is 7.91. The Morgan fingerprint density at radius 3 is 2.32 bits per heavy atom. The van der Waals surface area contributed by atoms with Gasteiger partial charge < -0.3 is 5.32 Å². The molecule has 1 aliphatic rings. The number of nitrogens with one attached hydrogen (secondary N) is 1. The van der Waals surface area contributed by atoms with Crippen LogP contribution in [-0.4, -0.2) is 31.7 Å². The Bertz CT molecular complexity index is 535. The Balaban J connectivity index is 1.95. The molecule has 1 N–H and O–H groups in total. The molecular weight excluding hydrogens is 262 g/mol. The average molecular weight is 281 g/mol. The molecular formula is C14H19NO3S. The summed E-state index contributed by atoms with van der Waals surface area (Å²) in [7, 11) is -2.81. The van der Waals surface area contributed by atoms with Gasteiger partial charge in [-0.05, 0) is 37.1 Å². The number of benzene rings is 1. The van der Waals surface area contributed by atoms with Crippen LogP contribution in [0, 0.1) is 0 Å². The number of sulfone groups is 1. The van der Waals surface area contributed by atoms with Crippen LogP contribution >= 0.6 is 0 Å². The van der Waals surface area contributed by atoms with E-state index in [2.05, 4.69) is 5.32 Å². The van der Waals surface area contributed by atoms with Crippen LogP contribution in [0.2, 0.25) is 0 Å². The normalized spacial score (nSPS) is 19.0. The van der Waals surface area contributed by atoms with Gasteiger partial charge in [-0.3, -0.25) is 4.79 Å². The van der Waals surface area contributed by atoms with Crippen LogP contribution in [0.25, 0.3) is 0 Å². The molecule has 1 aromatic carbocycles. The molecule has 0 aromatic heterocycles. The standard InChI is InChI=1S/C14H19NO3S/c1-2-14(16)11-3-5-12(6-4-11)15-13-7-9-19(17,18)10-8-13/h3-6,13,15H,2,7-10H2,1H3. The van der Waals surface area contributed by atoms with E-state index in [1.807, 2.05) is 31.2 Å². The molecule has 1 aromatic rings. The summed E-state index contributed by atoms with van der Waals surface area (Å²) >= 11 is 0. The SMILES string of the molecule is CCC(=O)c1ccc(NC2CCS(=O)(=O)CC2)cc1. The molecule has 0 amide bonds. The first-order valence-electron chi connectivity index (χ1n) is 6.60. The fraction of sp³-hybridized carbons (Fsp3) is 0.500. The van der Waals surface area contributed by atoms with Crippen molar-refractivity contribution in [1.82, 2.24) is 0 Å². The van der Waals surface area contributed by atoms with E-state index in [-0.39, 0.29) is 23.3 Å². The Morgan fingerprint density at radius 1 is 1.21 bits per heavy atom. The minimum Gasteiger partial charge on any atom is -0.382 e. The first-order chi connectivity index (χ1) is 9.00. The molecule has 1 heterocycles. The van der Waals surface area contributed by atoms with Gasteiger partial charge in [-0.25, -0.2) is 8.42 Å². The van der Waals surface area contributed by atoms with Crippen molar-refractivity contribution >= 4 is 21.3 Å². The topological polar surface area (TPSA) is 63.2 Å². The monoisotopic (exact) mass is 281 g/mol. The maximum Gasteiger partial charge on any atom is 0.162 e. The van der Waals surface area contributed by atoms with Crippen molar-refractivity contribution in [2.24, 2.45) is 0 Å². The van der Waals surface area contributed by atoms with E-state index < -0.39 is 9.84 Å². The second-order valence-electron chi connectivity index (χ2n) is 4.92. The van der Waals surface area contributed by atoms with Crippen LogP contribution in [0.15, 0.2) is 24.3 Å². The molecule has 2 rings (SSSR count). The fourth-order valence-electron chi connectivity index (χ4n) is 2.23. The maximum atomic E-state index is 11.5. The molecule has 5 heteroatoms. The summed E-state index contributed by atoms with van der Waals surface area (Å²) in [6, 6.07) is 7.59. The molecule has 19 heavy (non-hydrogen) atoms. The molecule has 0 spiro atoms. The second-order valence-corrected chi connectivity index (χ2v) is 7.23. The Kier molecular flexibility index (Phi) is 4.24. The van der Waals surface area contributed by atoms with Crippen LogP contribution in [0.1, 0.15) is 36.5 Å². The number of carbonyl (C=O) groups is 1. The summed E-state index contributed by atoms with van der Waals surface area (Å²) in [5.74, 6) is 0.657. The largest absolute Gasteiger partial charge is 0.382 e. The summed E-state index contributed by atoms with van der Waals surface area (Å²) in [4.78, 5) is 11.5. The van der Waals surface area contributed by atoms with E-state index in [1.54, 1.807) is 0 Å². The van der Waals surface area contributed by atoms with Gasteiger partial charge in [-0.15, -0.1) is 0 Å². The first-order valence-corrected chi connectivity index (χ1v) is 8.42. The van der Waals surface area contributed by atoms with Crippen molar-refractivity contribution < 1.29 is 13.2 Å². The van der Waals surface area contributed by atoms with Crippen LogP contribution in [0.5, 0.6) is 0 Å². The molecule has 0 aliphatic carbocycles. The third-order valence-corrected chi connectivity index (χ3v) is 5.17. The molecule has 0 bridgehead atoms. The summed E-state index contributed by atoms with van der Waals surface area (Å²) in [6.45, 7) is 1.84. The van der Waals surface area contributed by atoms with Gasteiger partial charge in [0.25, 0.3) is 0 Å². The van der Waals surface area contributed by atoms with Gasteiger partial charge in [-0.2, -0.15) is 0 Å². The van der Waals surface area contributed by atoms with E-state index in [0.29, 0.717) is 19.3 Å². The van der Waals surface area contributed by atoms with E-state index >= 15 is 0 Å². The average Bonchev–Trinajstić information content (AvgIpc) is 2.41. The van der Waals surface area contributed by atoms with Gasteiger partial charge >= 0.3 is 0 Å². The van der Waals surface area contributed by atoms with Gasteiger partial charge in [0, 0.05) is 23.7 Å². The van der Waals surface area contributed by atoms with E-state index in [4.69, 9.17) is 0 Å². The van der Waals surface area contributed by atoms with E-state index in [1.165, 1.54) is 0 Å². The maximum absolute atomic E-state index is 11.5. The number of hydrogen-bond donors (Lipinski definition) is 1. The van der Waals surface area contributed by atoms with Crippen molar-refractivity contribution in [2.75, 3.05) is 16.8 Å². The highest BCUT2D eigenvalue weighted by Crippen LogP contribution is 2.18. The molecule has 1 saturated heterocycles. The molecule has 0 atom stereocenters. The summed E-state index contributed by atoms with van der Waals surface area (Å²) < 4.78 is 22.7. The Morgan fingerprint density at radius 2 is 1.79 bits per heavy atom. The van der Waals surface area contributed by atoms with Crippen molar-refractivity contribution in [3.63, 3.8) is 0 Å². The minimum atomic E-state index is -2.81. The van der Waals surface area contributed by atoms with Crippen molar-refractivity contribution in [2.45, 2.75) is 32.2 Å². The number of anilines is 1. The zero-order valence-corrected chi connectivity index (χ0v) is 11.9. The van der Waals surface area contributed by atoms with Crippen LogP contribution in [0.4, 0.5) is 5.69 Å². The summed E-state index contributed by atoms with van der Waals surface area (Å²) in [5, 5.41) is 3.33. The zero-order valence-electron chi connectivity index (χ0n) is 11.1. The Hall–Kier alpha value is -1.36. The van der Waals surface area contributed by atoms with Crippen molar-refractivity contribution in [3.05, 3.63) is 29.8 Å². The molecule has 1 aliphatic heterocycles.